The van der Waals surface area contributed by atoms with E-state index < -0.39 is 0 Å². The summed E-state index contributed by atoms with van der Waals surface area (Å²) in [6.07, 6.45) is 0. The first-order valence-corrected chi connectivity index (χ1v) is 6.30. The number of hydrogen-bond donors (Lipinski definition) is 0. The Balaban J connectivity index is 2.24. The molecule has 0 aliphatic rings. The summed E-state index contributed by atoms with van der Waals surface area (Å²) in [6.45, 7) is 0. The zero-order chi connectivity index (χ0) is 13.0. The monoisotopic (exact) mass is 282 g/mol. The Morgan fingerprint density at radius 3 is 2.28 bits per heavy atom. The molecule has 0 unspecified atom stereocenters. The van der Waals surface area contributed by atoms with Gasteiger partial charge in [-0.2, -0.15) is 0 Å². The van der Waals surface area contributed by atoms with Gasteiger partial charge in [0, 0.05) is 10.6 Å². The molecule has 0 N–H and O–H groups in total. The van der Waals surface area contributed by atoms with Crippen molar-refractivity contribution < 1.29 is 9.47 Å². The molecule has 2 rings (SSSR count). The molecule has 0 spiro atoms. The van der Waals surface area contributed by atoms with Gasteiger partial charge in [0.25, 0.3) is 0 Å². The van der Waals surface area contributed by atoms with Crippen LogP contribution in [-0.2, 0) is 5.88 Å². The number of benzene rings is 2. The molecule has 4 heteroatoms. The first-order valence-electron chi connectivity index (χ1n) is 5.39. The highest BCUT2D eigenvalue weighted by atomic mass is 35.5. The van der Waals surface area contributed by atoms with Gasteiger partial charge >= 0.3 is 0 Å². The zero-order valence-electron chi connectivity index (χ0n) is 9.82. The van der Waals surface area contributed by atoms with E-state index in [0.717, 1.165) is 11.3 Å². The van der Waals surface area contributed by atoms with Gasteiger partial charge in [0.1, 0.15) is 17.2 Å². The molecule has 0 amide bonds. The second-order valence-electron chi connectivity index (χ2n) is 3.66. The molecule has 0 saturated heterocycles. The van der Waals surface area contributed by atoms with Gasteiger partial charge < -0.3 is 9.47 Å². The van der Waals surface area contributed by atoms with Crippen LogP contribution < -0.4 is 9.47 Å². The van der Waals surface area contributed by atoms with E-state index in [9.17, 15) is 0 Å². The summed E-state index contributed by atoms with van der Waals surface area (Å²) >= 11 is 11.8. The number of alkyl halides is 1. The highest BCUT2D eigenvalue weighted by Gasteiger charge is 2.05. The second-order valence-corrected chi connectivity index (χ2v) is 4.37. The Labute approximate surface area is 116 Å². The maximum absolute atomic E-state index is 5.94. The molecule has 0 bridgehead atoms. The van der Waals surface area contributed by atoms with E-state index in [4.69, 9.17) is 32.7 Å². The molecular formula is C14H12Cl2O2. The van der Waals surface area contributed by atoms with Crippen LogP contribution in [0.5, 0.6) is 17.2 Å². The normalized spacial score (nSPS) is 10.2. The molecule has 2 nitrogen and oxygen atoms in total. The van der Waals surface area contributed by atoms with Crippen LogP contribution in [0, 0.1) is 0 Å². The minimum atomic E-state index is 0.378. The van der Waals surface area contributed by atoms with E-state index in [1.807, 2.05) is 30.3 Å². The lowest BCUT2D eigenvalue weighted by Crippen LogP contribution is -1.90. The van der Waals surface area contributed by atoms with E-state index >= 15 is 0 Å². The van der Waals surface area contributed by atoms with Crippen LogP contribution in [-0.4, -0.2) is 7.11 Å². The summed E-state index contributed by atoms with van der Waals surface area (Å²) in [5, 5.41) is 0.618. The van der Waals surface area contributed by atoms with Crippen molar-refractivity contribution in [2.75, 3.05) is 7.11 Å². The fraction of sp³-hybridized carbons (Fsp3) is 0.143. The Kier molecular flexibility index (Phi) is 4.34. The molecule has 2 aromatic carbocycles. The smallest absolute Gasteiger partial charge is 0.133 e. The summed E-state index contributed by atoms with van der Waals surface area (Å²) in [5.41, 5.74) is 0.900. The summed E-state index contributed by atoms with van der Waals surface area (Å²) in [7, 11) is 1.62. The first kappa shape index (κ1) is 13.1. The average Bonchev–Trinajstić information content (AvgIpc) is 2.40. The SMILES string of the molecule is COc1ccc(Oc2cc(Cl)ccc2CCl)cc1. The number of rotatable bonds is 4. The van der Waals surface area contributed by atoms with E-state index in [1.54, 1.807) is 19.2 Å². The van der Waals surface area contributed by atoms with Crippen molar-refractivity contribution >= 4 is 23.2 Å². The van der Waals surface area contributed by atoms with Gasteiger partial charge in [0.05, 0.1) is 13.0 Å². The van der Waals surface area contributed by atoms with Crippen LogP contribution in [0.15, 0.2) is 42.5 Å². The molecule has 94 valence electrons. The largest absolute Gasteiger partial charge is 0.497 e. The lowest BCUT2D eigenvalue weighted by atomic mass is 10.2. The minimum Gasteiger partial charge on any atom is -0.497 e. The quantitative estimate of drug-likeness (QED) is 0.744. The standard InChI is InChI=1S/C14H12Cl2O2/c1-17-12-4-6-13(7-5-12)18-14-8-11(16)3-2-10(14)9-15/h2-8H,9H2,1H3. The fourth-order valence-electron chi connectivity index (χ4n) is 1.50. The summed E-state index contributed by atoms with van der Waals surface area (Å²) < 4.78 is 10.8. The Morgan fingerprint density at radius 1 is 1.00 bits per heavy atom. The predicted molar refractivity (Wildman–Crippen MR) is 74.1 cm³/mol. The third-order valence-corrected chi connectivity index (χ3v) is 2.98. The number of halogens is 2. The summed E-state index contributed by atoms with van der Waals surface area (Å²) in [5.74, 6) is 2.54. The van der Waals surface area contributed by atoms with Crippen molar-refractivity contribution in [3.8, 4) is 17.2 Å². The van der Waals surface area contributed by atoms with Crippen LogP contribution in [0.1, 0.15) is 5.56 Å². The molecule has 0 radical (unpaired) electrons. The van der Waals surface area contributed by atoms with Gasteiger partial charge in [-0.1, -0.05) is 17.7 Å². The minimum absolute atomic E-state index is 0.378. The predicted octanol–water partition coefficient (Wildman–Crippen LogP) is 4.88. The maximum atomic E-state index is 5.94. The third kappa shape index (κ3) is 3.09. The van der Waals surface area contributed by atoms with Gasteiger partial charge in [-0.05, 0) is 36.4 Å². The maximum Gasteiger partial charge on any atom is 0.133 e. The van der Waals surface area contributed by atoms with Crippen LogP contribution >= 0.6 is 23.2 Å². The topological polar surface area (TPSA) is 18.5 Å². The third-order valence-electron chi connectivity index (χ3n) is 2.46. The van der Waals surface area contributed by atoms with Crippen LogP contribution in [0.3, 0.4) is 0 Å². The van der Waals surface area contributed by atoms with Gasteiger partial charge in [-0.15, -0.1) is 11.6 Å². The number of ether oxygens (including phenoxy) is 2. The highest BCUT2D eigenvalue weighted by molar-refractivity contribution is 6.30. The van der Waals surface area contributed by atoms with Crippen molar-refractivity contribution in [3.63, 3.8) is 0 Å². The molecule has 2 aromatic rings. The highest BCUT2D eigenvalue weighted by Crippen LogP contribution is 2.30. The van der Waals surface area contributed by atoms with E-state index in [0.29, 0.717) is 22.4 Å². The van der Waals surface area contributed by atoms with E-state index in [2.05, 4.69) is 0 Å². The van der Waals surface area contributed by atoms with Crippen LogP contribution in [0.4, 0.5) is 0 Å². The van der Waals surface area contributed by atoms with Crippen LogP contribution in [0.2, 0.25) is 5.02 Å². The fourth-order valence-corrected chi connectivity index (χ4v) is 1.89. The van der Waals surface area contributed by atoms with Crippen molar-refractivity contribution in [2.45, 2.75) is 5.88 Å². The Hall–Kier alpha value is -1.38. The number of methoxy groups -OCH3 is 1. The molecule has 0 atom stereocenters. The summed E-state index contributed by atoms with van der Waals surface area (Å²) in [4.78, 5) is 0. The molecule has 18 heavy (non-hydrogen) atoms. The zero-order valence-corrected chi connectivity index (χ0v) is 11.3. The first-order chi connectivity index (χ1) is 8.72. The molecule has 0 fully saturated rings. The van der Waals surface area contributed by atoms with Gasteiger partial charge in [-0.25, -0.2) is 0 Å². The lowest BCUT2D eigenvalue weighted by molar-refractivity contribution is 0.412. The number of hydrogen-bond acceptors (Lipinski definition) is 2. The Morgan fingerprint density at radius 2 is 1.67 bits per heavy atom. The molecule has 0 aromatic heterocycles. The lowest BCUT2D eigenvalue weighted by Gasteiger charge is -2.10. The van der Waals surface area contributed by atoms with Crippen LogP contribution in [0.25, 0.3) is 0 Å². The molecular weight excluding hydrogens is 271 g/mol. The van der Waals surface area contributed by atoms with Gasteiger partial charge in [-0.3, -0.25) is 0 Å². The molecule has 0 heterocycles. The molecule has 0 aliphatic heterocycles. The summed E-state index contributed by atoms with van der Waals surface area (Å²) in [6, 6.07) is 12.7. The van der Waals surface area contributed by atoms with E-state index in [-0.39, 0.29) is 0 Å². The average molecular weight is 283 g/mol. The Bertz CT molecular complexity index is 524. The second kappa shape index (κ2) is 5.98. The molecule has 0 saturated carbocycles. The van der Waals surface area contributed by atoms with Gasteiger partial charge in [0.15, 0.2) is 0 Å². The van der Waals surface area contributed by atoms with E-state index in [1.165, 1.54) is 0 Å². The molecule has 0 aliphatic carbocycles. The van der Waals surface area contributed by atoms with Crippen molar-refractivity contribution in [1.29, 1.82) is 0 Å². The van der Waals surface area contributed by atoms with Gasteiger partial charge in [0.2, 0.25) is 0 Å². The van der Waals surface area contributed by atoms with Crippen molar-refractivity contribution in [3.05, 3.63) is 53.1 Å². The van der Waals surface area contributed by atoms with Crippen molar-refractivity contribution in [2.24, 2.45) is 0 Å². The van der Waals surface area contributed by atoms with Crippen molar-refractivity contribution in [1.82, 2.24) is 0 Å².